The Kier molecular flexibility index (Phi) is 5.21. The van der Waals surface area contributed by atoms with Crippen molar-refractivity contribution in [3.8, 4) is 5.75 Å². The molecular weight excluding hydrogens is 266 g/mol. The van der Waals surface area contributed by atoms with E-state index in [1.165, 1.54) is 15.3 Å². The smallest absolute Gasteiger partial charge is 0.119 e. The molecule has 0 saturated heterocycles. The van der Waals surface area contributed by atoms with Crippen molar-refractivity contribution in [2.45, 2.75) is 46.4 Å². The van der Waals surface area contributed by atoms with Gasteiger partial charge in [-0.15, -0.1) is 11.3 Å². The monoisotopic (exact) mass is 289 g/mol. The zero-order valence-electron chi connectivity index (χ0n) is 12.6. The first-order valence-electron chi connectivity index (χ1n) is 7.10. The van der Waals surface area contributed by atoms with Gasteiger partial charge >= 0.3 is 0 Å². The number of hydrogen-bond donors (Lipinski definition) is 1. The minimum atomic E-state index is 0.223. The van der Waals surface area contributed by atoms with Crippen LogP contribution in [0.4, 0.5) is 0 Å². The van der Waals surface area contributed by atoms with Crippen molar-refractivity contribution in [3.63, 3.8) is 0 Å². The van der Waals surface area contributed by atoms with Crippen LogP contribution in [0.1, 0.15) is 42.1 Å². The van der Waals surface area contributed by atoms with E-state index in [9.17, 15) is 0 Å². The highest BCUT2D eigenvalue weighted by atomic mass is 32.1. The van der Waals surface area contributed by atoms with Gasteiger partial charge in [-0.05, 0) is 57.5 Å². The molecule has 2 rings (SSSR count). The molecule has 0 aliphatic rings. The zero-order valence-corrected chi connectivity index (χ0v) is 13.5. The number of hydrogen-bond acceptors (Lipinski definition) is 3. The molecule has 0 aliphatic heterocycles. The number of nitrogens with one attached hydrogen (secondary N) is 1. The third kappa shape index (κ3) is 4.36. The van der Waals surface area contributed by atoms with Gasteiger partial charge in [0.1, 0.15) is 5.75 Å². The van der Waals surface area contributed by atoms with Gasteiger partial charge in [-0.25, -0.2) is 0 Å². The Labute approximate surface area is 125 Å². The van der Waals surface area contributed by atoms with Gasteiger partial charge in [-0.3, -0.25) is 0 Å². The molecule has 108 valence electrons. The first-order chi connectivity index (χ1) is 9.54. The fraction of sp³-hybridized carbons (Fsp3) is 0.412. The maximum Gasteiger partial charge on any atom is 0.119 e. The van der Waals surface area contributed by atoms with Crippen LogP contribution in [0.15, 0.2) is 36.4 Å². The molecule has 1 aromatic carbocycles. The van der Waals surface area contributed by atoms with E-state index >= 15 is 0 Å². The minimum absolute atomic E-state index is 0.223. The number of aryl methyl sites for hydroxylation is 1. The largest absolute Gasteiger partial charge is 0.491 e. The molecule has 1 aromatic heterocycles. The molecule has 0 amide bonds. The quantitative estimate of drug-likeness (QED) is 0.832. The SMILES string of the molecule is Cc1ccc(C(C)NCc2ccc(OC(C)C)cc2)s1. The Morgan fingerprint density at radius 3 is 2.30 bits per heavy atom. The predicted molar refractivity (Wildman–Crippen MR) is 86.5 cm³/mol. The molecule has 20 heavy (non-hydrogen) atoms. The van der Waals surface area contributed by atoms with Crippen molar-refractivity contribution in [2.24, 2.45) is 0 Å². The van der Waals surface area contributed by atoms with E-state index in [-0.39, 0.29) is 6.10 Å². The Balaban J connectivity index is 1.87. The van der Waals surface area contributed by atoms with Crippen LogP contribution in [0.2, 0.25) is 0 Å². The van der Waals surface area contributed by atoms with Gasteiger partial charge in [0.2, 0.25) is 0 Å². The Morgan fingerprint density at radius 1 is 1.05 bits per heavy atom. The van der Waals surface area contributed by atoms with Gasteiger partial charge in [0.05, 0.1) is 6.10 Å². The molecular formula is C17H23NOS. The lowest BCUT2D eigenvalue weighted by Gasteiger charge is -2.13. The maximum atomic E-state index is 5.65. The first-order valence-corrected chi connectivity index (χ1v) is 7.91. The van der Waals surface area contributed by atoms with E-state index in [4.69, 9.17) is 4.74 Å². The van der Waals surface area contributed by atoms with E-state index < -0.39 is 0 Å². The summed E-state index contributed by atoms with van der Waals surface area (Å²) < 4.78 is 5.65. The molecule has 0 spiro atoms. The van der Waals surface area contributed by atoms with Gasteiger partial charge in [0.15, 0.2) is 0 Å². The Hall–Kier alpha value is -1.32. The lowest BCUT2D eigenvalue weighted by molar-refractivity contribution is 0.242. The highest BCUT2D eigenvalue weighted by Gasteiger charge is 2.07. The highest BCUT2D eigenvalue weighted by molar-refractivity contribution is 7.12. The van der Waals surface area contributed by atoms with Crippen molar-refractivity contribution in [1.82, 2.24) is 5.32 Å². The van der Waals surface area contributed by atoms with Gasteiger partial charge in [0.25, 0.3) is 0 Å². The number of benzene rings is 1. The molecule has 1 heterocycles. The second-order valence-electron chi connectivity index (χ2n) is 5.36. The molecule has 0 radical (unpaired) electrons. The van der Waals surface area contributed by atoms with Crippen LogP contribution >= 0.6 is 11.3 Å². The van der Waals surface area contributed by atoms with Crippen molar-refractivity contribution in [2.75, 3.05) is 0 Å². The predicted octanol–water partition coefficient (Wildman–Crippen LogP) is 4.69. The van der Waals surface area contributed by atoms with E-state index in [2.05, 4.69) is 43.4 Å². The van der Waals surface area contributed by atoms with Gasteiger partial charge in [-0.1, -0.05) is 12.1 Å². The minimum Gasteiger partial charge on any atom is -0.491 e. The third-order valence-electron chi connectivity index (χ3n) is 3.10. The summed E-state index contributed by atoms with van der Waals surface area (Å²) >= 11 is 1.86. The number of thiophene rings is 1. The topological polar surface area (TPSA) is 21.3 Å². The molecule has 1 atom stereocenters. The second-order valence-corrected chi connectivity index (χ2v) is 6.68. The van der Waals surface area contributed by atoms with Crippen molar-refractivity contribution in [1.29, 1.82) is 0 Å². The highest BCUT2D eigenvalue weighted by Crippen LogP contribution is 2.22. The average Bonchev–Trinajstić information content (AvgIpc) is 2.84. The summed E-state index contributed by atoms with van der Waals surface area (Å²) in [6.07, 6.45) is 0.223. The lowest BCUT2D eigenvalue weighted by Crippen LogP contribution is -2.17. The number of ether oxygens (including phenoxy) is 1. The molecule has 3 heteroatoms. The van der Waals surface area contributed by atoms with Crippen LogP contribution < -0.4 is 10.1 Å². The fourth-order valence-corrected chi connectivity index (χ4v) is 2.92. The summed E-state index contributed by atoms with van der Waals surface area (Å²) in [5.41, 5.74) is 1.28. The van der Waals surface area contributed by atoms with Crippen LogP contribution in [0.5, 0.6) is 5.75 Å². The first kappa shape index (κ1) is 15.1. The molecule has 2 aromatic rings. The number of rotatable bonds is 6. The van der Waals surface area contributed by atoms with Crippen LogP contribution in [0.25, 0.3) is 0 Å². The van der Waals surface area contributed by atoms with Crippen molar-refractivity contribution >= 4 is 11.3 Å². The molecule has 1 N–H and O–H groups in total. The third-order valence-corrected chi connectivity index (χ3v) is 4.28. The van der Waals surface area contributed by atoms with Gasteiger partial charge < -0.3 is 10.1 Å². The maximum absolute atomic E-state index is 5.65. The summed E-state index contributed by atoms with van der Waals surface area (Å²) in [6, 6.07) is 13.1. The molecule has 0 saturated carbocycles. The van der Waals surface area contributed by atoms with Gasteiger partial charge in [0, 0.05) is 22.3 Å². The Bertz CT molecular complexity index is 530. The fourth-order valence-electron chi connectivity index (χ4n) is 2.02. The normalized spacial score (nSPS) is 12.7. The van der Waals surface area contributed by atoms with Crippen molar-refractivity contribution < 1.29 is 4.74 Å². The zero-order chi connectivity index (χ0) is 14.5. The second kappa shape index (κ2) is 6.91. The van der Waals surface area contributed by atoms with Crippen LogP contribution in [0, 0.1) is 6.92 Å². The van der Waals surface area contributed by atoms with Crippen LogP contribution in [0.3, 0.4) is 0 Å². The van der Waals surface area contributed by atoms with Crippen LogP contribution in [-0.2, 0) is 6.54 Å². The summed E-state index contributed by atoms with van der Waals surface area (Å²) in [4.78, 5) is 2.76. The van der Waals surface area contributed by atoms with E-state index in [1.807, 2.05) is 37.3 Å². The Morgan fingerprint density at radius 2 is 1.75 bits per heavy atom. The van der Waals surface area contributed by atoms with E-state index in [1.54, 1.807) is 0 Å². The summed E-state index contributed by atoms with van der Waals surface area (Å²) in [6.45, 7) is 9.32. The molecule has 2 nitrogen and oxygen atoms in total. The van der Waals surface area contributed by atoms with Crippen LogP contribution in [-0.4, -0.2) is 6.10 Å². The summed E-state index contributed by atoms with van der Waals surface area (Å²) in [7, 11) is 0. The summed E-state index contributed by atoms with van der Waals surface area (Å²) in [5, 5.41) is 3.56. The van der Waals surface area contributed by atoms with Gasteiger partial charge in [-0.2, -0.15) is 0 Å². The standard InChI is InChI=1S/C17H23NOS/c1-12(2)19-16-8-6-15(7-9-16)11-18-14(4)17-10-5-13(3)20-17/h5-10,12,14,18H,11H2,1-4H3. The molecule has 1 unspecified atom stereocenters. The average molecular weight is 289 g/mol. The summed E-state index contributed by atoms with van der Waals surface area (Å²) in [5.74, 6) is 0.936. The van der Waals surface area contributed by atoms with Crippen molar-refractivity contribution in [3.05, 3.63) is 51.7 Å². The van der Waals surface area contributed by atoms with E-state index in [0.717, 1.165) is 12.3 Å². The lowest BCUT2D eigenvalue weighted by atomic mass is 10.2. The van der Waals surface area contributed by atoms with E-state index in [0.29, 0.717) is 6.04 Å². The molecule has 0 aliphatic carbocycles. The molecule has 0 bridgehead atoms. The molecule has 0 fully saturated rings.